The first-order valence-electron chi connectivity index (χ1n) is 6.98. The van der Waals surface area contributed by atoms with Crippen molar-refractivity contribution in [2.24, 2.45) is 0 Å². The summed E-state index contributed by atoms with van der Waals surface area (Å²) in [6, 6.07) is 2.51. The number of aromatic nitrogens is 2. The van der Waals surface area contributed by atoms with E-state index in [-0.39, 0.29) is 6.04 Å². The van der Waals surface area contributed by atoms with E-state index < -0.39 is 0 Å². The van der Waals surface area contributed by atoms with Gasteiger partial charge in [0.05, 0.1) is 0 Å². The molecule has 2 aromatic heterocycles. The van der Waals surface area contributed by atoms with Crippen LogP contribution >= 0.6 is 11.3 Å². The fourth-order valence-corrected chi connectivity index (χ4v) is 3.32. The van der Waals surface area contributed by atoms with Crippen molar-refractivity contribution in [1.29, 1.82) is 0 Å². The minimum atomic E-state index is 0.215. The van der Waals surface area contributed by atoms with Crippen molar-refractivity contribution in [2.75, 3.05) is 6.54 Å². The Kier molecular flexibility index (Phi) is 4.77. The van der Waals surface area contributed by atoms with Crippen molar-refractivity contribution in [3.8, 4) is 0 Å². The van der Waals surface area contributed by atoms with Crippen molar-refractivity contribution < 1.29 is 0 Å². The van der Waals surface area contributed by atoms with Crippen LogP contribution in [0.15, 0.2) is 18.5 Å². The van der Waals surface area contributed by atoms with Crippen LogP contribution in [-0.4, -0.2) is 16.1 Å². The van der Waals surface area contributed by atoms with Gasteiger partial charge in [-0.25, -0.2) is 4.98 Å². The van der Waals surface area contributed by atoms with Crippen LogP contribution in [0.5, 0.6) is 0 Å². The van der Waals surface area contributed by atoms with Crippen LogP contribution in [0.25, 0.3) is 0 Å². The standard InChI is InChI=1S/C15H23N3S/c1-5-7-16-14(13-10-11(3)12(4)19-13)15-17-8-9-18(15)6-2/h8-10,14,16H,5-7H2,1-4H3. The predicted octanol–water partition coefficient (Wildman–Crippen LogP) is 3.67. The fraction of sp³-hybridized carbons (Fsp3) is 0.533. The number of hydrogen-bond acceptors (Lipinski definition) is 3. The Labute approximate surface area is 119 Å². The van der Waals surface area contributed by atoms with Crippen LogP contribution in [0.3, 0.4) is 0 Å². The van der Waals surface area contributed by atoms with Gasteiger partial charge in [-0.3, -0.25) is 0 Å². The van der Waals surface area contributed by atoms with E-state index >= 15 is 0 Å². The van der Waals surface area contributed by atoms with Gasteiger partial charge in [-0.1, -0.05) is 6.92 Å². The molecule has 0 amide bonds. The highest BCUT2D eigenvalue weighted by Gasteiger charge is 2.20. The van der Waals surface area contributed by atoms with Gasteiger partial charge in [-0.15, -0.1) is 11.3 Å². The fourth-order valence-electron chi connectivity index (χ4n) is 2.20. The molecule has 2 heterocycles. The van der Waals surface area contributed by atoms with Crippen molar-refractivity contribution in [3.63, 3.8) is 0 Å². The number of hydrogen-bond donors (Lipinski definition) is 1. The molecule has 0 spiro atoms. The van der Waals surface area contributed by atoms with Gasteiger partial charge >= 0.3 is 0 Å². The molecule has 0 aliphatic carbocycles. The van der Waals surface area contributed by atoms with Crippen LogP contribution in [0.2, 0.25) is 0 Å². The lowest BCUT2D eigenvalue weighted by Crippen LogP contribution is -2.25. The largest absolute Gasteiger partial charge is 0.334 e. The van der Waals surface area contributed by atoms with Crippen LogP contribution in [0.1, 0.15) is 47.5 Å². The van der Waals surface area contributed by atoms with Crippen LogP contribution < -0.4 is 5.32 Å². The molecule has 0 bridgehead atoms. The first kappa shape index (κ1) is 14.3. The molecule has 1 atom stereocenters. The summed E-state index contributed by atoms with van der Waals surface area (Å²) in [4.78, 5) is 7.32. The third kappa shape index (κ3) is 3.07. The number of nitrogens with one attached hydrogen (secondary N) is 1. The summed E-state index contributed by atoms with van der Waals surface area (Å²) in [6.45, 7) is 10.7. The van der Waals surface area contributed by atoms with Crippen LogP contribution in [0.4, 0.5) is 0 Å². The van der Waals surface area contributed by atoms with E-state index in [1.807, 2.05) is 17.5 Å². The van der Waals surface area contributed by atoms with Gasteiger partial charge in [-0.2, -0.15) is 0 Å². The maximum atomic E-state index is 4.56. The number of thiophene rings is 1. The Morgan fingerprint density at radius 2 is 2.16 bits per heavy atom. The molecule has 2 rings (SSSR count). The first-order valence-corrected chi connectivity index (χ1v) is 7.80. The first-order chi connectivity index (χ1) is 9.17. The second kappa shape index (κ2) is 6.35. The quantitative estimate of drug-likeness (QED) is 0.873. The summed E-state index contributed by atoms with van der Waals surface area (Å²) in [7, 11) is 0. The topological polar surface area (TPSA) is 29.9 Å². The number of rotatable bonds is 6. The third-order valence-corrected chi connectivity index (χ3v) is 4.63. The molecule has 0 aliphatic heterocycles. The molecule has 1 unspecified atom stereocenters. The summed E-state index contributed by atoms with van der Waals surface area (Å²) in [5.74, 6) is 1.12. The Balaban J connectivity index is 2.35. The lowest BCUT2D eigenvalue weighted by molar-refractivity contribution is 0.547. The van der Waals surface area contributed by atoms with Crippen LogP contribution in [0, 0.1) is 13.8 Å². The van der Waals surface area contributed by atoms with Crippen LogP contribution in [-0.2, 0) is 6.54 Å². The normalized spacial score (nSPS) is 12.8. The summed E-state index contributed by atoms with van der Waals surface area (Å²) in [6.07, 6.45) is 5.09. The summed E-state index contributed by atoms with van der Waals surface area (Å²) in [5.41, 5.74) is 1.37. The van der Waals surface area contributed by atoms with Crippen molar-refractivity contribution >= 4 is 11.3 Å². The summed E-state index contributed by atoms with van der Waals surface area (Å²) in [5, 5.41) is 3.63. The smallest absolute Gasteiger partial charge is 0.131 e. The van der Waals surface area contributed by atoms with Gasteiger partial charge in [-0.05, 0) is 45.4 Å². The molecule has 1 N–H and O–H groups in total. The van der Waals surface area contributed by atoms with Crippen molar-refractivity contribution in [2.45, 2.75) is 46.7 Å². The minimum absolute atomic E-state index is 0.215. The summed E-state index contributed by atoms with van der Waals surface area (Å²) >= 11 is 1.87. The molecular weight excluding hydrogens is 254 g/mol. The predicted molar refractivity (Wildman–Crippen MR) is 81.8 cm³/mol. The molecule has 3 nitrogen and oxygen atoms in total. The SMILES string of the molecule is CCCNC(c1cc(C)c(C)s1)c1nccn1CC. The monoisotopic (exact) mass is 277 g/mol. The Bertz CT molecular complexity index is 508. The molecule has 0 radical (unpaired) electrons. The highest BCUT2D eigenvalue weighted by atomic mass is 32.1. The molecule has 4 heteroatoms. The van der Waals surface area contributed by atoms with Gasteiger partial charge in [0, 0.05) is 28.7 Å². The lowest BCUT2D eigenvalue weighted by atomic mass is 10.2. The Morgan fingerprint density at radius 3 is 2.74 bits per heavy atom. The van der Waals surface area contributed by atoms with Gasteiger partial charge in [0.2, 0.25) is 0 Å². The molecule has 104 valence electrons. The highest BCUT2D eigenvalue weighted by Crippen LogP contribution is 2.30. The molecule has 19 heavy (non-hydrogen) atoms. The Morgan fingerprint density at radius 1 is 1.37 bits per heavy atom. The van der Waals surface area contributed by atoms with Gasteiger partial charge in [0.15, 0.2) is 0 Å². The van der Waals surface area contributed by atoms with Gasteiger partial charge in [0.25, 0.3) is 0 Å². The van der Waals surface area contributed by atoms with E-state index in [4.69, 9.17) is 0 Å². The Hall–Kier alpha value is -1.13. The molecule has 0 saturated carbocycles. The summed E-state index contributed by atoms with van der Waals surface area (Å²) < 4.78 is 2.22. The zero-order valence-corrected chi connectivity index (χ0v) is 13.0. The second-order valence-electron chi connectivity index (χ2n) is 4.85. The number of imidazole rings is 1. The third-order valence-electron chi connectivity index (χ3n) is 3.41. The second-order valence-corrected chi connectivity index (χ2v) is 6.13. The van der Waals surface area contributed by atoms with E-state index in [1.165, 1.54) is 15.3 Å². The van der Waals surface area contributed by atoms with Crippen molar-refractivity contribution in [3.05, 3.63) is 39.6 Å². The molecule has 0 aromatic carbocycles. The van der Waals surface area contributed by atoms with E-state index in [9.17, 15) is 0 Å². The average molecular weight is 277 g/mol. The minimum Gasteiger partial charge on any atom is -0.334 e. The molecule has 2 aromatic rings. The van der Waals surface area contributed by atoms with E-state index in [0.29, 0.717) is 0 Å². The van der Waals surface area contributed by atoms with E-state index in [0.717, 1.165) is 25.3 Å². The number of nitrogens with zero attached hydrogens (tertiary/aromatic N) is 2. The van der Waals surface area contributed by atoms with Crippen molar-refractivity contribution in [1.82, 2.24) is 14.9 Å². The molecular formula is C15H23N3S. The van der Waals surface area contributed by atoms with E-state index in [1.54, 1.807) is 0 Å². The number of aryl methyl sites for hydroxylation is 3. The average Bonchev–Trinajstić information content (AvgIpc) is 2.98. The molecule has 0 saturated heterocycles. The molecule has 0 aliphatic rings. The van der Waals surface area contributed by atoms with Gasteiger partial charge < -0.3 is 9.88 Å². The van der Waals surface area contributed by atoms with Gasteiger partial charge in [0.1, 0.15) is 11.9 Å². The van der Waals surface area contributed by atoms with E-state index in [2.05, 4.69) is 54.8 Å². The lowest BCUT2D eigenvalue weighted by Gasteiger charge is -2.18. The maximum Gasteiger partial charge on any atom is 0.131 e. The zero-order chi connectivity index (χ0) is 13.8. The maximum absolute atomic E-state index is 4.56. The zero-order valence-electron chi connectivity index (χ0n) is 12.2. The highest BCUT2D eigenvalue weighted by molar-refractivity contribution is 7.12. The molecule has 0 fully saturated rings.